The average Bonchev–Trinajstić information content (AvgIpc) is 2.46. The van der Waals surface area contributed by atoms with Gasteiger partial charge in [-0.15, -0.1) is 0 Å². The third-order valence-corrected chi connectivity index (χ3v) is 4.47. The lowest BCUT2D eigenvalue weighted by Crippen LogP contribution is -2.42. The van der Waals surface area contributed by atoms with Crippen molar-refractivity contribution in [1.29, 1.82) is 0 Å². The summed E-state index contributed by atoms with van der Waals surface area (Å²) in [5.41, 5.74) is 1.58. The summed E-state index contributed by atoms with van der Waals surface area (Å²) in [6.45, 7) is 7.76. The van der Waals surface area contributed by atoms with Gasteiger partial charge in [0.1, 0.15) is 11.4 Å². The van der Waals surface area contributed by atoms with E-state index in [4.69, 9.17) is 4.74 Å². The van der Waals surface area contributed by atoms with Crippen LogP contribution >= 0.6 is 0 Å². The molecule has 4 nitrogen and oxygen atoms in total. The first-order valence-corrected chi connectivity index (χ1v) is 8.16. The van der Waals surface area contributed by atoms with Gasteiger partial charge in [0.2, 0.25) is 5.91 Å². The van der Waals surface area contributed by atoms with Crippen LogP contribution in [-0.4, -0.2) is 16.6 Å². The van der Waals surface area contributed by atoms with Gasteiger partial charge in [-0.25, -0.2) is 0 Å². The van der Waals surface area contributed by atoms with Gasteiger partial charge in [-0.05, 0) is 37.5 Å². The predicted octanol–water partition coefficient (Wildman–Crippen LogP) is 3.65. The van der Waals surface area contributed by atoms with Crippen LogP contribution in [0.2, 0.25) is 0 Å². The fourth-order valence-electron chi connectivity index (χ4n) is 3.02. The van der Waals surface area contributed by atoms with Crippen molar-refractivity contribution in [2.75, 3.05) is 0 Å². The highest BCUT2D eigenvalue weighted by molar-refractivity contribution is 5.73. The van der Waals surface area contributed by atoms with Crippen molar-refractivity contribution >= 4 is 5.91 Å². The van der Waals surface area contributed by atoms with Crippen LogP contribution in [0.4, 0.5) is 0 Å². The molecule has 0 fully saturated rings. The number of hydrogen-bond donors (Lipinski definition) is 2. The Kier molecular flexibility index (Phi) is 5.12. The van der Waals surface area contributed by atoms with E-state index in [0.29, 0.717) is 0 Å². The van der Waals surface area contributed by atoms with Gasteiger partial charge in [0.15, 0.2) is 0 Å². The number of carbonyl (C=O) groups is 1. The summed E-state index contributed by atoms with van der Waals surface area (Å²) in [7, 11) is 0. The summed E-state index contributed by atoms with van der Waals surface area (Å²) < 4.78 is 6.14. The maximum atomic E-state index is 11.5. The third-order valence-electron chi connectivity index (χ3n) is 4.47. The van der Waals surface area contributed by atoms with Gasteiger partial charge >= 0.3 is 0 Å². The number of aliphatic hydroxyl groups excluding tert-OH is 1. The molecule has 0 saturated carbocycles. The maximum Gasteiger partial charge on any atom is 0.217 e. The molecular formula is C18H27NO3. The molecule has 3 atom stereocenters. The number of rotatable bonds is 5. The molecule has 0 aromatic heterocycles. The van der Waals surface area contributed by atoms with Gasteiger partial charge < -0.3 is 15.2 Å². The second-order valence-electron chi connectivity index (χ2n) is 6.46. The van der Waals surface area contributed by atoms with E-state index < -0.39 is 6.10 Å². The largest absolute Gasteiger partial charge is 0.487 e. The number of carbonyl (C=O) groups excluding carboxylic acids is 1. The number of hydrogen-bond acceptors (Lipinski definition) is 3. The molecule has 1 heterocycles. The molecule has 122 valence electrons. The molecule has 4 heteroatoms. The molecule has 0 saturated heterocycles. The van der Waals surface area contributed by atoms with E-state index >= 15 is 0 Å². The molecule has 3 unspecified atom stereocenters. The summed E-state index contributed by atoms with van der Waals surface area (Å²) >= 11 is 0. The Hall–Kier alpha value is -1.55. The number of aliphatic hydroxyl groups is 1. The van der Waals surface area contributed by atoms with Crippen molar-refractivity contribution in [3.05, 3.63) is 29.3 Å². The van der Waals surface area contributed by atoms with E-state index in [-0.39, 0.29) is 17.6 Å². The van der Waals surface area contributed by atoms with Crippen LogP contribution in [0.1, 0.15) is 76.7 Å². The zero-order chi connectivity index (χ0) is 16.3. The Morgan fingerprint density at radius 3 is 2.82 bits per heavy atom. The lowest BCUT2D eigenvalue weighted by Gasteiger charge is -2.40. The quantitative estimate of drug-likeness (QED) is 0.873. The third kappa shape index (κ3) is 3.61. The van der Waals surface area contributed by atoms with E-state index in [0.717, 1.165) is 42.6 Å². The molecule has 0 bridgehead atoms. The maximum absolute atomic E-state index is 11.5. The highest BCUT2D eigenvalue weighted by atomic mass is 16.5. The first kappa shape index (κ1) is 16.8. The van der Waals surface area contributed by atoms with E-state index in [1.54, 1.807) is 0 Å². The summed E-state index contributed by atoms with van der Waals surface area (Å²) in [6, 6.07) is 5.75. The van der Waals surface area contributed by atoms with Gasteiger partial charge in [0.05, 0.1) is 12.1 Å². The fourth-order valence-corrected chi connectivity index (χ4v) is 3.02. The topological polar surface area (TPSA) is 58.6 Å². The molecule has 1 aliphatic rings. The Morgan fingerprint density at radius 1 is 1.50 bits per heavy atom. The highest BCUT2D eigenvalue weighted by Gasteiger charge is 2.36. The smallest absolute Gasteiger partial charge is 0.217 e. The SMILES string of the molecule is CCCC(O)c1ccc2c(c1)C(NC(C)=O)CC(C)(CC)O2. The Labute approximate surface area is 132 Å². The Bertz CT molecular complexity index is 543. The Balaban J connectivity index is 2.37. The van der Waals surface area contributed by atoms with Crippen molar-refractivity contribution in [2.45, 2.75) is 71.1 Å². The van der Waals surface area contributed by atoms with Crippen molar-refractivity contribution < 1.29 is 14.6 Å². The number of ether oxygens (including phenoxy) is 1. The van der Waals surface area contributed by atoms with E-state index in [1.165, 1.54) is 6.92 Å². The second kappa shape index (κ2) is 6.69. The fraction of sp³-hybridized carbons (Fsp3) is 0.611. The standard InChI is InChI=1S/C18H27NO3/c1-5-7-16(21)13-8-9-17-14(10-13)15(19-12(3)20)11-18(4,6-2)22-17/h8-10,15-16,21H,5-7,11H2,1-4H3,(H,19,20). The summed E-state index contributed by atoms with van der Waals surface area (Å²) in [5, 5.41) is 13.2. The van der Waals surface area contributed by atoms with Crippen molar-refractivity contribution in [1.82, 2.24) is 5.32 Å². The molecule has 0 radical (unpaired) electrons. The number of nitrogens with one attached hydrogen (secondary N) is 1. The number of amides is 1. The van der Waals surface area contributed by atoms with Crippen molar-refractivity contribution in [3.8, 4) is 5.75 Å². The molecule has 0 spiro atoms. The molecular weight excluding hydrogens is 278 g/mol. The average molecular weight is 305 g/mol. The van der Waals surface area contributed by atoms with Crippen LogP contribution in [0.15, 0.2) is 18.2 Å². The molecule has 2 rings (SSSR count). The van der Waals surface area contributed by atoms with Gasteiger partial charge in [-0.1, -0.05) is 26.3 Å². The second-order valence-corrected chi connectivity index (χ2v) is 6.46. The molecule has 1 aromatic carbocycles. The van der Waals surface area contributed by atoms with E-state index in [1.807, 2.05) is 18.2 Å². The number of benzene rings is 1. The monoisotopic (exact) mass is 305 g/mol. The Morgan fingerprint density at radius 2 is 2.23 bits per heavy atom. The minimum Gasteiger partial charge on any atom is -0.487 e. The van der Waals surface area contributed by atoms with Gasteiger partial charge in [-0.2, -0.15) is 0 Å². The van der Waals surface area contributed by atoms with Crippen LogP contribution in [0.25, 0.3) is 0 Å². The minimum atomic E-state index is -0.465. The number of fused-ring (bicyclic) bond motifs is 1. The van der Waals surface area contributed by atoms with E-state index in [9.17, 15) is 9.90 Å². The predicted molar refractivity (Wildman–Crippen MR) is 86.8 cm³/mol. The lowest BCUT2D eigenvalue weighted by atomic mass is 9.85. The van der Waals surface area contributed by atoms with Gasteiger partial charge in [0, 0.05) is 18.9 Å². The normalized spacial score (nSPS) is 25.0. The van der Waals surface area contributed by atoms with Crippen LogP contribution in [0.3, 0.4) is 0 Å². The molecule has 1 aliphatic heterocycles. The summed E-state index contributed by atoms with van der Waals surface area (Å²) in [4.78, 5) is 11.5. The van der Waals surface area contributed by atoms with E-state index in [2.05, 4.69) is 26.1 Å². The molecule has 0 aliphatic carbocycles. The zero-order valence-electron chi connectivity index (χ0n) is 14.0. The summed E-state index contributed by atoms with van der Waals surface area (Å²) in [5.74, 6) is 0.762. The summed E-state index contributed by atoms with van der Waals surface area (Å²) in [6.07, 6.45) is 2.81. The van der Waals surface area contributed by atoms with Crippen LogP contribution in [0.5, 0.6) is 5.75 Å². The molecule has 2 N–H and O–H groups in total. The highest BCUT2D eigenvalue weighted by Crippen LogP contribution is 2.42. The first-order chi connectivity index (χ1) is 10.4. The van der Waals surface area contributed by atoms with Crippen LogP contribution < -0.4 is 10.1 Å². The van der Waals surface area contributed by atoms with Crippen LogP contribution in [-0.2, 0) is 4.79 Å². The molecule has 1 amide bonds. The van der Waals surface area contributed by atoms with Crippen LogP contribution in [0, 0.1) is 0 Å². The van der Waals surface area contributed by atoms with Gasteiger partial charge in [-0.3, -0.25) is 4.79 Å². The van der Waals surface area contributed by atoms with Crippen molar-refractivity contribution in [3.63, 3.8) is 0 Å². The molecule has 1 aromatic rings. The molecule has 22 heavy (non-hydrogen) atoms. The zero-order valence-corrected chi connectivity index (χ0v) is 14.0. The minimum absolute atomic E-state index is 0.0455. The first-order valence-electron chi connectivity index (χ1n) is 8.16. The lowest BCUT2D eigenvalue weighted by molar-refractivity contribution is -0.120. The van der Waals surface area contributed by atoms with Gasteiger partial charge in [0.25, 0.3) is 0 Å². The van der Waals surface area contributed by atoms with Crippen molar-refractivity contribution in [2.24, 2.45) is 0 Å².